The predicted molar refractivity (Wildman–Crippen MR) is 109 cm³/mol. The van der Waals surface area contributed by atoms with Crippen molar-refractivity contribution in [1.29, 1.82) is 0 Å². The minimum absolute atomic E-state index is 0.286. The lowest BCUT2D eigenvalue weighted by atomic mass is 9.96. The second-order valence-electron chi connectivity index (χ2n) is 7.65. The zero-order valence-electron chi connectivity index (χ0n) is 16.1. The van der Waals surface area contributed by atoms with E-state index in [1.54, 1.807) is 4.52 Å². The minimum atomic E-state index is 0.286. The van der Waals surface area contributed by atoms with E-state index < -0.39 is 0 Å². The Morgan fingerprint density at radius 1 is 1.07 bits per heavy atom. The average Bonchev–Trinajstić information content (AvgIpc) is 3.34. The number of nitrogens with zero attached hydrogens (tertiary/aromatic N) is 4. The number of aromatic nitrogens is 3. The largest absolute Gasteiger partial charge is 0.473 e. The van der Waals surface area contributed by atoms with Gasteiger partial charge in [0.2, 0.25) is 5.88 Å². The van der Waals surface area contributed by atoms with E-state index in [9.17, 15) is 0 Å². The van der Waals surface area contributed by atoms with Crippen LogP contribution in [0.2, 0.25) is 0 Å². The Morgan fingerprint density at radius 3 is 2.79 bits per heavy atom. The summed E-state index contributed by atoms with van der Waals surface area (Å²) in [5.74, 6) is 1.38. The maximum Gasteiger partial charge on any atom is 0.232 e. The molecule has 1 aliphatic carbocycles. The first-order valence-corrected chi connectivity index (χ1v) is 10.2. The van der Waals surface area contributed by atoms with Crippen molar-refractivity contribution in [3.63, 3.8) is 0 Å². The monoisotopic (exact) mass is 390 g/mol. The van der Waals surface area contributed by atoms with E-state index in [0.29, 0.717) is 5.88 Å². The molecule has 3 aromatic heterocycles. The van der Waals surface area contributed by atoms with Crippen molar-refractivity contribution >= 4 is 22.3 Å². The van der Waals surface area contributed by atoms with Crippen molar-refractivity contribution in [2.45, 2.75) is 25.4 Å². The number of anilines is 1. The molecular weight excluding hydrogens is 368 g/mol. The van der Waals surface area contributed by atoms with Crippen molar-refractivity contribution < 1.29 is 13.9 Å². The molecule has 1 aromatic carbocycles. The number of fused-ring (bicyclic) bond motifs is 2. The Morgan fingerprint density at radius 2 is 1.97 bits per heavy atom. The van der Waals surface area contributed by atoms with Gasteiger partial charge >= 0.3 is 0 Å². The number of morpholine rings is 1. The lowest BCUT2D eigenvalue weighted by Crippen LogP contribution is -2.36. The molecule has 4 aromatic rings. The molecule has 1 saturated carbocycles. The van der Waals surface area contributed by atoms with Crippen LogP contribution >= 0.6 is 0 Å². The van der Waals surface area contributed by atoms with Crippen LogP contribution in [-0.2, 0) is 4.74 Å². The van der Waals surface area contributed by atoms with Gasteiger partial charge in [-0.3, -0.25) is 0 Å². The lowest BCUT2D eigenvalue weighted by Gasteiger charge is -2.29. The Hall–Kier alpha value is -3.06. The van der Waals surface area contributed by atoms with Gasteiger partial charge in [-0.15, -0.1) is 5.10 Å². The van der Waals surface area contributed by atoms with Crippen LogP contribution in [0, 0.1) is 0 Å². The van der Waals surface area contributed by atoms with Crippen molar-refractivity contribution in [2.75, 3.05) is 31.2 Å². The first kappa shape index (κ1) is 16.9. The van der Waals surface area contributed by atoms with E-state index in [0.717, 1.165) is 67.2 Å². The Labute approximate surface area is 167 Å². The average molecular weight is 390 g/mol. The fourth-order valence-electron chi connectivity index (χ4n) is 4.00. The summed E-state index contributed by atoms with van der Waals surface area (Å²) in [6.45, 7) is 3.28. The van der Waals surface area contributed by atoms with E-state index in [-0.39, 0.29) is 6.10 Å². The number of hydrogen-bond donors (Lipinski definition) is 0. The van der Waals surface area contributed by atoms with Crippen molar-refractivity contribution in [3.05, 3.63) is 42.6 Å². The quantitative estimate of drug-likeness (QED) is 0.526. The normalized spacial score (nSPS) is 17.7. The molecule has 1 aliphatic heterocycles. The zero-order valence-corrected chi connectivity index (χ0v) is 16.1. The van der Waals surface area contributed by atoms with Gasteiger partial charge in [-0.25, -0.2) is 9.50 Å². The molecule has 148 valence electrons. The van der Waals surface area contributed by atoms with Gasteiger partial charge in [0, 0.05) is 30.2 Å². The molecule has 0 spiro atoms. The first-order chi connectivity index (χ1) is 14.3. The van der Waals surface area contributed by atoms with Gasteiger partial charge in [0.25, 0.3) is 0 Å². The van der Waals surface area contributed by atoms with Gasteiger partial charge in [-0.2, -0.15) is 0 Å². The highest BCUT2D eigenvalue weighted by Gasteiger charge is 2.21. The zero-order chi connectivity index (χ0) is 19.2. The smallest absolute Gasteiger partial charge is 0.232 e. The van der Waals surface area contributed by atoms with Gasteiger partial charge < -0.3 is 18.8 Å². The van der Waals surface area contributed by atoms with Crippen molar-refractivity contribution in [3.8, 4) is 17.3 Å². The summed E-state index contributed by atoms with van der Waals surface area (Å²) in [4.78, 5) is 6.84. The van der Waals surface area contributed by atoms with Crippen LogP contribution in [0.15, 0.2) is 47.0 Å². The summed E-state index contributed by atoms with van der Waals surface area (Å²) in [6, 6.07) is 12.1. The SMILES string of the molecule is c1cc(N2CCOCC2)c2cc(-c3cnc4ccc(OC5CCC5)nn34)oc2c1. The maximum atomic E-state index is 6.21. The maximum absolute atomic E-state index is 6.21. The Bertz CT molecular complexity index is 1170. The molecule has 2 fully saturated rings. The molecule has 1 saturated heterocycles. The molecule has 0 bridgehead atoms. The Kier molecular flexibility index (Phi) is 3.94. The summed E-state index contributed by atoms with van der Waals surface area (Å²) >= 11 is 0. The summed E-state index contributed by atoms with van der Waals surface area (Å²) in [6.07, 6.45) is 5.53. The number of rotatable bonds is 4. The third kappa shape index (κ3) is 2.93. The molecule has 0 N–H and O–H groups in total. The third-order valence-corrected chi connectivity index (χ3v) is 5.82. The third-order valence-electron chi connectivity index (χ3n) is 5.82. The van der Waals surface area contributed by atoms with Crippen LogP contribution in [0.1, 0.15) is 19.3 Å². The highest BCUT2D eigenvalue weighted by molar-refractivity contribution is 5.94. The molecule has 7 nitrogen and oxygen atoms in total. The van der Waals surface area contributed by atoms with Crippen LogP contribution < -0.4 is 9.64 Å². The van der Waals surface area contributed by atoms with Gasteiger partial charge in [-0.1, -0.05) is 6.07 Å². The van der Waals surface area contributed by atoms with Gasteiger partial charge in [0.05, 0.1) is 19.4 Å². The number of hydrogen-bond acceptors (Lipinski definition) is 6. The van der Waals surface area contributed by atoms with Crippen molar-refractivity contribution in [2.24, 2.45) is 0 Å². The summed E-state index contributed by atoms with van der Waals surface area (Å²) in [7, 11) is 0. The van der Waals surface area contributed by atoms with Gasteiger partial charge in [-0.05, 0) is 43.5 Å². The molecule has 0 atom stereocenters. The van der Waals surface area contributed by atoms with E-state index in [1.807, 2.05) is 30.5 Å². The molecule has 2 aliphatic rings. The molecule has 6 rings (SSSR count). The standard InChI is InChI=1S/C22H22N4O3/c1-3-15(4-1)28-22-8-7-21-23-14-18(26(21)24-22)20-13-16-17(5-2-6-19(16)29-20)25-9-11-27-12-10-25/h2,5-8,13-15H,1,3-4,9-12H2. The second-order valence-corrected chi connectivity index (χ2v) is 7.65. The minimum Gasteiger partial charge on any atom is -0.473 e. The topological polar surface area (TPSA) is 65.0 Å². The molecule has 7 heteroatoms. The lowest BCUT2D eigenvalue weighted by molar-refractivity contribution is 0.113. The summed E-state index contributed by atoms with van der Waals surface area (Å²) in [5, 5.41) is 5.76. The number of ether oxygens (including phenoxy) is 2. The van der Waals surface area contributed by atoms with Crippen LogP contribution in [-0.4, -0.2) is 47.0 Å². The highest BCUT2D eigenvalue weighted by atomic mass is 16.5. The van der Waals surface area contributed by atoms with Crippen LogP contribution in [0.25, 0.3) is 28.1 Å². The predicted octanol–water partition coefficient (Wildman–Crippen LogP) is 3.91. The second kappa shape index (κ2) is 6.77. The van der Waals surface area contributed by atoms with Crippen LogP contribution in [0.4, 0.5) is 5.69 Å². The van der Waals surface area contributed by atoms with E-state index in [4.69, 9.17) is 13.9 Å². The van der Waals surface area contributed by atoms with Crippen molar-refractivity contribution in [1.82, 2.24) is 14.6 Å². The summed E-state index contributed by atoms with van der Waals surface area (Å²) in [5.41, 5.74) is 3.63. The van der Waals surface area contributed by atoms with Gasteiger partial charge in [0.1, 0.15) is 17.4 Å². The van der Waals surface area contributed by atoms with Gasteiger partial charge in [0.15, 0.2) is 11.4 Å². The summed E-state index contributed by atoms with van der Waals surface area (Å²) < 4.78 is 19.5. The number of imidazole rings is 1. The number of furan rings is 1. The van der Waals surface area contributed by atoms with E-state index >= 15 is 0 Å². The highest BCUT2D eigenvalue weighted by Crippen LogP contribution is 2.34. The van der Waals surface area contributed by atoms with E-state index in [2.05, 4.69) is 27.1 Å². The molecule has 0 unspecified atom stereocenters. The molecule has 0 radical (unpaired) electrons. The van der Waals surface area contributed by atoms with Crippen LogP contribution in [0.5, 0.6) is 5.88 Å². The Balaban J connectivity index is 1.41. The fraction of sp³-hybridized carbons (Fsp3) is 0.364. The van der Waals surface area contributed by atoms with Crippen LogP contribution in [0.3, 0.4) is 0 Å². The fourth-order valence-corrected chi connectivity index (χ4v) is 4.00. The molecule has 29 heavy (non-hydrogen) atoms. The van der Waals surface area contributed by atoms with E-state index in [1.165, 1.54) is 12.1 Å². The molecule has 4 heterocycles. The molecular formula is C22H22N4O3. The number of benzene rings is 1. The molecule has 0 amide bonds. The first-order valence-electron chi connectivity index (χ1n) is 10.2.